The van der Waals surface area contributed by atoms with Gasteiger partial charge in [0.25, 0.3) is 0 Å². The average Bonchev–Trinajstić information content (AvgIpc) is 2.55. The van der Waals surface area contributed by atoms with Gasteiger partial charge in [-0.2, -0.15) is 0 Å². The van der Waals surface area contributed by atoms with Crippen molar-refractivity contribution in [3.8, 4) is 0 Å². The Kier molecular flexibility index (Phi) is 4.28. The van der Waals surface area contributed by atoms with Crippen LogP contribution in [0.5, 0.6) is 0 Å². The quantitative estimate of drug-likeness (QED) is 0.812. The first-order valence-electron chi connectivity index (χ1n) is 7.17. The lowest BCUT2D eigenvalue weighted by Crippen LogP contribution is -2.52. The number of rotatable bonds is 5. The van der Waals surface area contributed by atoms with Gasteiger partial charge in [0.2, 0.25) is 5.91 Å². The smallest absolute Gasteiger partial charge is 0.241 e. The number of carbonyl (C=O) groups excluding carboxylic acids is 1. The van der Waals surface area contributed by atoms with Crippen LogP contribution in [0.25, 0.3) is 0 Å². The Hall–Kier alpha value is -0.610. The van der Waals surface area contributed by atoms with Crippen molar-refractivity contribution in [3.63, 3.8) is 0 Å². The van der Waals surface area contributed by atoms with E-state index in [9.17, 15) is 4.79 Å². The number of hydrogen-bond acceptors (Lipinski definition) is 3. The van der Waals surface area contributed by atoms with E-state index in [2.05, 4.69) is 31.0 Å². The predicted octanol–water partition coefficient (Wildman–Crippen LogP) is 1.75. The third-order valence-corrected chi connectivity index (χ3v) is 4.17. The fourth-order valence-corrected chi connectivity index (χ4v) is 3.06. The Bertz CT molecular complexity index is 300. The van der Waals surface area contributed by atoms with E-state index in [-0.39, 0.29) is 12.2 Å². The van der Waals surface area contributed by atoms with Crippen molar-refractivity contribution in [1.29, 1.82) is 0 Å². The van der Waals surface area contributed by atoms with E-state index >= 15 is 0 Å². The van der Waals surface area contributed by atoms with Crippen molar-refractivity contribution in [2.75, 3.05) is 7.11 Å². The van der Waals surface area contributed by atoms with Crippen LogP contribution in [0.4, 0.5) is 0 Å². The number of amides is 1. The zero-order valence-electron chi connectivity index (χ0n) is 12.0. The Morgan fingerprint density at radius 3 is 2.61 bits per heavy atom. The number of carbonyl (C=O) groups is 1. The van der Waals surface area contributed by atoms with Crippen molar-refractivity contribution >= 4 is 5.91 Å². The predicted molar refractivity (Wildman–Crippen MR) is 71.1 cm³/mol. The van der Waals surface area contributed by atoms with E-state index in [1.54, 1.807) is 7.11 Å². The van der Waals surface area contributed by atoms with Crippen LogP contribution in [0.2, 0.25) is 0 Å². The van der Waals surface area contributed by atoms with Gasteiger partial charge in [-0.1, -0.05) is 20.8 Å². The molecule has 2 atom stereocenters. The molecule has 0 spiro atoms. The topological polar surface area (TPSA) is 41.6 Å². The standard InChI is InChI=1S/C14H26N2O2/c1-5-13-15-12(6-9(2)3)14(17)16(13)10-7-11(8-10)18-4/h9-13,15H,5-8H2,1-4H3. The van der Waals surface area contributed by atoms with Gasteiger partial charge in [0, 0.05) is 13.2 Å². The minimum absolute atomic E-state index is 0.0246. The summed E-state index contributed by atoms with van der Waals surface area (Å²) in [6, 6.07) is 0.411. The maximum atomic E-state index is 12.5. The molecule has 1 saturated carbocycles. The summed E-state index contributed by atoms with van der Waals surface area (Å²) in [5.41, 5.74) is 0. The number of hydrogen-bond donors (Lipinski definition) is 1. The van der Waals surface area contributed by atoms with Crippen LogP contribution in [0.1, 0.15) is 46.5 Å². The summed E-state index contributed by atoms with van der Waals surface area (Å²) in [5, 5.41) is 3.49. The van der Waals surface area contributed by atoms with Gasteiger partial charge in [0.15, 0.2) is 0 Å². The van der Waals surface area contributed by atoms with Gasteiger partial charge < -0.3 is 9.64 Å². The molecule has 0 aromatic carbocycles. The summed E-state index contributed by atoms with van der Waals surface area (Å²) in [7, 11) is 1.75. The number of ether oxygens (including phenoxy) is 1. The summed E-state index contributed by atoms with van der Waals surface area (Å²) in [4.78, 5) is 14.5. The van der Waals surface area contributed by atoms with Gasteiger partial charge in [-0.05, 0) is 31.6 Å². The molecule has 0 aromatic heterocycles. The molecule has 1 saturated heterocycles. The van der Waals surface area contributed by atoms with E-state index in [4.69, 9.17) is 4.74 Å². The van der Waals surface area contributed by atoms with Crippen molar-refractivity contribution in [2.24, 2.45) is 5.92 Å². The molecule has 4 nitrogen and oxygen atoms in total. The zero-order valence-corrected chi connectivity index (χ0v) is 12.0. The SMILES string of the molecule is CCC1NC(CC(C)C)C(=O)N1C1CC(OC)C1. The maximum absolute atomic E-state index is 12.5. The number of methoxy groups -OCH3 is 1. The van der Waals surface area contributed by atoms with E-state index in [1.807, 2.05) is 0 Å². The second-order valence-electron chi connectivity index (χ2n) is 6.00. The Labute approximate surface area is 110 Å². The van der Waals surface area contributed by atoms with Crippen molar-refractivity contribution in [1.82, 2.24) is 10.2 Å². The highest BCUT2D eigenvalue weighted by Gasteiger charge is 2.45. The fourth-order valence-electron chi connectivity index (χ4n) is 3.06. The lowest BCUT2D eigenvalue weighted by atomic mass is 9.87. The van der Waals surface area contributed by atoms with E-state index in [0.29, 0.717) is 24.0 Å². The molecule has 1 aliphatic heterocycles. The molecular formula is C14H26N2O2. The van der Waals surface area contributed by atoms with E-state index in [1.165, 1.54) is 0 Å². The Morgan fingerprint density at radius 1 is 1.44 bits per heavy atom. The maximum Gasteiger partial charge on any atom is 0.241 e. The monoisotopic (exact) mass is 254 g/mol. The second kappa shape index (κ2) is 5.57. The molecule has 2 unspecified atom stereocenters. The highest BCUT2D eigenvalue weighted by atomic mass is 16.5. The van der Waals surface area contributed by atoms with Crippen molar-refractivity contribution in [2.45, 2.75) is 70.8 Å². The highest BCUT2D eigenvalue weighted by molar-refractivity contribution is 5.84. The molecule has 1 N–H and O–H groups in total. The first kappa shape index (κ1) is 13.8. The van der Waals surface area contributed by atoms with Crippen molar-refractivity contribution in [3.05, 3.63) is 0 Å². The minimum Gasteiger partial charge on any atom is -0.381 e. The Balaban J connectivity index is 1.98. The molecule has 0 aromatic rings. The fraction of sp³-hybridized carbons (Fsp3) is 0.929. The van der Waals surface area contributed by atoms with Crippen LogP contribution < -0.4 is 5.32 Å². The number of nitrogens with zero attached hydrogens (tertiary/aromatic N) is 1. The summed E-state index contributed by atoms with van der Waals surface area (Å²) < 4.78 is 5.31. The molecule has 2 aliphatic rings. The lowest BCUT2D eigenvalue weighted by molar-refractivity contribution is -0.137. The van der Waals surface area contributed by atoms with E-state index < -0.39 is 0 Å². The molecule has 2 rings (SSSR count). The minimum atomic E-state index is 0.0246. The summed E-state index contributed by atoms with van der Waals surface area (Å²) in [6.07, 6.45) is 4.48. The summed E-state index contributed by atoms with van der Waals surface area (Å²) in [6.45, 7) is 6.48. The molecule has 1 aliphatic carbocycles. The largest absolute Gasteiger partial charge is 0.381 e. The third-order valence-electron chi connectivity index (χ3n) is 4.17. The second-order valence-corrected chi connectivity index (χ2v) is 6.00. The first-order valence-corrected chi connectivity index (χ1v) is 7.17. The molecule has 2 fully saturated rings. The lowest BCUT2D eigenvalue weighted by Gasteiger charge is -2.42. The molecule has 104 valence electrons. The van der Waals surface area contributed by atoms with Gasteiger partial charge in [0.05, 0.1) is 18.3 Å². The van der Waals surface area contributed by atoms with Crippen LogP contribution in [-0.4, -0.2) is 42.3 Å². The normalized spacial score (nSPS) is 36.3. The van der Waals surface area contributed by atoms with E-state index in [0.717, 1.165) is 25.7 Å². The molecular weight excluding hydrogens is 228 g/mol. The molecule has 18 heavy (non-hydrogen) atoms. The molecule has 1 heterocycles. The molecule has 0 bridgehead atoms. The van der Waals surface area contributed by atoms with Gasteiger partial charge in [-0.25, -0.2) is 0 Å². The average molecular weight is 254 g/mol. The molecule has 4 heteroatoms. The van der Waals surface area contributed by atoms with Gasteiger partial charge in [-0.3, -0.25) is 10.1 Å². The van der Waals surface area contributed by atoms with Gasteiger partial charge >= 0.3 is 0 Å². The third kappa shape index (κ3) is 2.54. The zero-order chi connectivity index (χ0) is 13.3. The van der Waals surface area contributed by atoms with Crippen molar-refractivity contribution < 1.29 is 9.53 Å². The summed E-state index contributed by atoms with van der Waals surface area (Å²) >= 11 is 0. The highest BCUT2D eigenvalue weighted by Crippen LogP contribution is 2.33. The molecule has 0 radical (unpaired) electrons. The van der Waals surface area contributed by atoms with Gasteiger partial charge in [-0.15, -0.1) is 0 Å². The van der Waals surface area contributed by atoms with Crippen LogP contribution in [0.15, 0.2) is 0 Å². The first-order chi connectivity index (χ1) is 8.56. The Morgan fingerprint density at radius 2 is 2.11 bits per heavy atom. The number of nitrogens with one attached hydrogen (secondary N) is 1. The van der Waals surface area contributed by atoms with Crippen LogP contribution in [0, 0.1) is 5.92 Å². The van der Waals surface area contributed by atoms with Crippen LogP contribution >= 0.6 is 0 Å². The van der Waals surface area contributed by atoms with Crippen LogP contribution in [-0.2, 0) is 9.53 Å². The van der Waals surface area contributed by atoms with Crippen LogP contribution in [0.3, 0.4) is 0 Å². The molecule has 1 amide bonds. The van der Waals surface area contributed by atoms with Gasteiger partial charge in [0.1, 0.15) is 0 Å². The summed E-state index contributed by atoms with van der Waals surface area (Å²) in [5.74, 6) is 0.854.